The van der Waals surface area contributed by atoms with Gasteiger partial charge in [-0.2, -0.15) is 0 Å². The smallest absolute Gasteiger partial charge is 0.141 e. The van der Waals surface area contributed by atoms with Crippen molar-refractivity contribution in [2.75, 3.05) is 6.54 Å². The molecule has 1 aromatic carbocycles. The molecule has 0 spiro atoms. The van der Waals surface area contributed by atoms with Gasteiger partial charge in [0.1, 0.15) is 12.4 Å². The summed E-state index contributed by atoms with van der Waals surface area (Å²) in [5.41, 5.74) is 3.42. The third-order valence-electron chi connectivity index (χ3n) is 3.03. The first kappa shape index (κ1) is 13.6. The van der Waals surface area contributed by atoms with Crippen LogP contribution >= 0.6 is 0 Å². The van der Waals surface area contributed by atoms with Gasteiger partial charge >= 0.3 is 0 Å². The SMILES string of the molecule is CCNCc1ccccc1COc1cccnc1C. The molecule has 0 fully saturated rings. The molecule has 2 rings (SSSR count). The minimum absolute atomic E-state index is 0.577. The molecule has 0 amide bonds. The Morgan fingerprint density at radius 1 is 1.11 bits per heavy atom. The summed E-state index contributed by atoms with van der Waals surface area (Å²) >= 11 is 0. The van der Waals surface area contributed by atoms with Crippen LogP contribution in [-0.2, 0) is 13.2 Å². The average Bonchev–Trinajstić information content (AvgIpc) is 2.45. The van der Waals surface area contributed by atoms with Crippen LogP contribution in [0, 0.1) is 6.92 Å². The van der Waals surface area contributed by atoms with Crippen LogP contribution < -0.4 is 10.1 Å². The van der Waals surface area contributed by atoms with E-state index in [9.17, 15) is 0 Å². The number of pyridine rings is 1. The van der Waals surface area contributed by atoms with E-state index in [-0.39, 0.29) is 0 Å². The highest BCUT2D eigenvalue weighted by Crippen LogP contribution is 2.17. The topological polar surface area (TPSA) is 34.1 Å². The second-order valence-corrected chi connectivity index (χ2v) is 4.42. The monoisotopic (exact) mass is 256 g/mol. The quantitative estimate of drug-likeness (QED) is 0.862. The van der Waals surface area contributed by atoms with Crippen LogP contribution in [-0.4, -0.2) is 11.5 Å². The number of rotatable bonds is 6. The molecule has 0 saturated heterocycles. The van der Waals surface area contributed by atoms with E-state index in [4.69, 9.17) is 4.74 Å². The Labute approximate surface area is 114 Å². The predicted molar refractivity (Wildman–Crippen MR) is 77.1 cm³/mol. The van der Waals surface area contributed by atoms with Crippen LogP contribution in [0.1, 0.15) is 23.7 Å². The average molecular weight is 256 g/mol. The zero-order valence-electron chi connectivity index (χ0n) is 11.5. The number of aryl methyl sites for hydroxylation is 1. The Bertz CT molecular complexity index is 526. The summed E-state index contributed by atoms with van der Waals surface area (Å²) < 4.78 is 5.85. The van der Waals surface area contributed by atoms with Gasteiger partial charge in [0.05, 0.1) is 5.69 Å². The second-order valence-electron chi connectivity index (χ2n) is 4.42. The van der Waals surface area contributed by atoms with Crippen molar-refractivity contribution in [1.82, 2.24) is 10.3 Å². The van der Waals surface area contributed by atoms with Gasteiger partial charge in [0.25, 0.3) is 0 Å². The van der Waals surface area contributed by atoms with E-state index in [0.29, 0.717) is 6.61 Å². The molecule has 0 aliphatic heterocycles. The maximum atomic E-state index is 5.85. The number of benzene rings is 1. The molecule has 1 aromatic heterocycles. The highest BCUT2D eigenvalue weighted by molar-refractivity contribution is 5.29. The van der Waals surface area contributed by atoms with E-state index >= 15 is 0 Å². The third kappa shape index (κ3) is 3.80. The molecular formula is C16H20N2O. The molecule has 0 radical (unpaired) electrons. The van der Waals surface area contributed by atoms with E-state index in [0.717, 1.165) is 24.5 Å². The van der Waals surface area contributed by atoms with Gasteiger partial charge in [-0.1, -0.05) is 31.2 Å². The van der Waals surface area contributed by atoms with Gasteiger partial charge in [-0.3, -0.25) is 4.98 Å². The summed E-state index contributed by atoms with van der Waals surface area (Å²) in [4.78, 5) is 4.23. The Morgan fingerprint density at radius 2 is 1.89 bits per heavy atom. The van der Waals surface area contributed by atoms with Crippen molar-refractivity contribution in [3.05, 3.63) is 59.4 Å². The minimum Gasteiger partial charge on any atom is -0.487 e. The molecule has 0 unspecified atom stereocenters. The van der Waals surface area contributed by atoms with Crippen LogP contribution in [0.4, 0.5) is 0 Å². The Hall–Kier alpha value is -1.87. The van der Waals surface area contributed by atoms with Crippen molar-refractivity contribution >= 4 is 0 Å². The van der Waals surface area contributed by atoms with Gasteiger partial charge in [0, 0.05) is 12.7 Å². The van der Waals surface area contributed by atoms with Gasteiger partial charge in [-0.15, -0.1) is 0 Å². The van der Waals surface area contributed by atoms with Crippen molar-refractivity contribution in [2.24, 2.45) is 0 Å². The molecule has 3 heteroatoms. The largest absolute Gasteiger partial charge is 0.487 e. The van der Waals surface area contributed by atoms with Crippen molar-refractivity contribution in [1.29, 1.82) is 0 Å². The number of hydrogen-bond donors (Lipinski definition) is 1. The first-order valence-electron chi connectivity index (χ1n) is 6.63. The van der Waals surface area contributed by atoms with Crippen LogP contribution in [0.5, 0.6) is 5.75 Å². The fourth-order valence-electron chi connectivity index (χ4n) is 1.91. The predicted octanol–water partition coefficient (Wildman–Crippen LogP) is 3.08. The lowest BCUT2D eigenvalue weighted by Gasteiger charge is -2.12. The number of hydrogen-bond acceptors (Lipinski definition) is 3. The van der Waals surface area contributed by atoms with Crippen LogP contribution in [0.3, 0.4) is 0 Å². The Morgan fingerprint density at radius 3 is 2.63 bits per heavy atom. The summed E-state index contributed by atoms with van der Waals surface area (Å²) in [6, 6.07) is 12.2. The maximum absolute atomic E-state index is 5.85. The molecule has 2 aromatic rings. The van der Waals surface area contributed by atoms with Crippen molar-refractivity contribution < 1.29 is 4.74 Å². The van der Waals surface area contributed by atoms with E-state index in [1.165, 1.54) is 11.1 Å². The standard InChI is InChI=1S/C16H20N2O/c1-3-17-11-14-7-4-5-8-15(14)12-19-16-9-6-10-18-13(16)2/h4-10,17H,3,11-12H2,1-2H3. The first-order chi connectivity index (χ1) is 9.31. The molecule has 100 valence electrons. The number of ether oxygens (including phenoxy) is 1. The summed E-state index contributed by atoms with van der Waals surface area (Å²) in [5, 5.41) is 3.35. The van der Waals surface area contributed by atoms with E-state index < -0.39 is 0 Å². The van der Waals surface area contributed by atoms with E-state index in [2.05, 4.69) is 35.4 Å². The van der Waals surface area contributed by atoms with Crippen LogP contribution in [0.15, 0.2) is 42.6 Å². The zero-order chi connectivity index (χ0) is 13.5. The molecule has 0 aliphatic rings. The molecule has 3 nitrogen and oxygen atoms in total. The van der Waals surface area contributed by atoms with Gasteiger partial charge < -0.3 is 10.1 Å². The lowest BCUT2D eigenvalue weighted by molar-refractivity contribution is 0.301. The molecule has 1 N–H and O–H groups in total. The van der Waals surface area contributed by atoms with Crippen molar-refractivity contribution in [3.8, 4) is 5.75 Å². The zero-order valence-corrected chi connectivity index (χ0v) is 11.5. The third-order valence-corrected chi connectivity index (χ3v) is 3.03. The normalized spacial score (nSPS) is 10.4. The molecule has 0 bridgehead atoms. The molecule has 1 heterocycles. The second kappa shape index (κ2) is 6.90. The number of nitrogens with zero attached hydrogens (tertiary/aromatic N) is 1. The first-order valence-corrected chi connectivity index (χ1v) is 6.63. The highest BCUT2D eigenvalue weighted by Gasteiger charge is 2.04. The Kier molecular flexibility index (Phi) is 4.93. The lowest BCUT2D eigenvalue weighted by Crippen LogP contribution is -2.14. The maximum Gasteiger partial charge on any atom is 0.141 e. The summed E-state index contributed by atoms with van der Waals surface area (Å²) in [7, 11) is 0. The van der Waals surface area contributed by atoms with Gasteiger partial charge in [0.15, 0.2) is 0 Å². The summed E-state index contributed by atoms with van der Waals surface area (Å²) in [6.07, 6.45) is 1.78. The lowest BCUT2D eigenvalue weighted by atomic mass is 10.1. The molecule has 0 saturated carbocycles. The van der Waals surface area contributed by atoms with Gasteiger partial charge in [-0.25, -0.2) is 0 Å². The minimum atomic E-state index is 0.577. The van der Waals surface area contributed by atoms with Gasteiger partial charge in [0.2, 0.25) is 0 Å². The number of nitrogens with one attached hydrogen (secondary N) is 1. The molecular weight excluding hydrogens is 236 g/mol. The summed E-state index contributed by atoms with van der Waals surface area (Å²) in [5.74, 6) is 0.848. The van der Waals surface area contributed by atoms with Crippen LogP contribution in [0.2, 0.25) is 0 Å². The van der Waals surface area contributed by atoms with Crippen molar-refractivity contribution in [3.63, 3.8) is 0 Å². The van der Waals surface area contributed by atoms with Crippen molar-refractivity contribution in [2.45, 2.75) is 27.0 Å². The van der Waals surface area contributed by atoms with Gasteiger partial charge in [-0.05, 0) is 36.7 Å². The van der Waals surface area contributed by atoms with E-state index in [1.54, 1.807) is 6.20 Å². The molecule has 0 aliphatic carbocycles. The highest BCUT2D eigenvalue weighted by atomic mass is 16.5. The fourth-order valence-corrected chi connectivity index (χ4v) is 1.91. The Balaban J connectivity index is 2.05. The van der Waals surface area contributed by atoms with Crippen LogP contribution in [0.25, 0.3) is 0 Å². The number of aromatic nitrogens is 1. The van der Waals surface area contributed by atoms with E-state index in [1.807, 2.05) is 25.1 Å². The molecule has 19 heavy (non-hydrogen) atoms. The summed E-state index contributed by atoms with van der Waals surface area (Å²) in [6.45, 7) is 6.49. The fraction of sp³-hybridized carbons (Fsp3) is 0.312. The molecule has 0 atom stereocenters.